The molecule has 0 spiro atoms. The number of benzene rings is 1. The molecule has 18 nitrogen and oxygen atoms in total. The number of hydrogen-bond donors (Lipinski definition) is 6. The van der Waals surface area contributed by atoms with Gasteiger partial charge >= 0.3 is 19.2 Å². The second-order valence-electron chi connectivity index (χ2n) is 10.1. The Balaban J connectivity index is 1.21. The van der Waals surface area contributed by atoms with E-state index in [-0.39, 0.29) is 33.4 Å². The first-order valence-electron chi connectivity index (χ1n) is 13.1. The summed E-state index contributed by atoms with van der Waals surface area (Å²) >= 11 is 21.3. The summed E-state index contributed by atoms with van der Waals surface area (Å²) in [6.45, 7) is -8.76. The molecule has 0 bridgehead atoms. The van der Waals surface area contributed by atoms with E-state index in [0.29, 0.717) is 11.0 Å². The maximum Gasteiger partial charge on any atom is 0.386 e. The number of ether oxygens (including phenoxy) is 2. The topological polar surface area (TPSA) is 241 Å². The van der Waals surface area contributed by atoms with Gasteiger partial charge in [-0.2, -0.15) is 0 Å². The molecule has 0 saturated carbocycles. The van der Waals surface area contributed by atoms with Crippen molar-refractivity contribution >= 4 is 88.8 Å². The molecule has 4 aromatic rings. The second-order valence-corrected chi connectivity index (χ2v) is 16.7. The molecule has 0 aliphatic carbocycles. The van der Waals surface area contributed by atoms with E-state index in [1.165, 1.54) is 33.9 Å². The zero-order valence-electron chi connectivity index (χ0n) is 23.2. The van der Waals surface area contributed by atoms with Crippen molar-refractivity contribution in [3.05, 3.63) is 45.3 Å². The van der Waals surface area contributed by atoms with Crippen molar-refractivity contribution in [2.45, 2.75) is 49.6 Å². The lowest BCUT2D eigenvalue weighted by molar-refractivity contribution is -0.129. The maximum atomic E-state index is 13.5. The van der Waals surface area contributed by atoms with E-state index < -0.39 is 69.0 Å². The van der Waals surface area contributed by atoms with Crippen LogP contribution < -0.4 is 11.4 Å². The molecule has 1 aromatic carbocycles. The molecular weight excluding hydrogens is 735 g/mol. The third-order valence-electron chi connectivity index (χ3n) is 7.21. The van der Waals surface area contributed by atoms with Crippen molar-refractivity contribution in [3.63, 3.8) is 0 Å². The third-order valence-corrected chi connectivity index (χ3v) is 11.2. The van der Waals surface area contributed by atoms with Crippen LogP contribution in [-0.4, -0.2) is 88.6 Å². The van der Waals surface area contributed by atoms with Gasteiger partial charge in [-0.25, -0.2) is 28.9 Å². The SMILES string of the molecule is COP(O)(=S)O[C@H]1O[C@@H](n2cnc3cc(Cl)c(Cl)cc32)C(OP(=O)(S)OC[C@H]2O[C@@H](n3c(=O)[nH]c4c(N)ncnc43)C[C@@H]2O)C1O. The van der Waals surface area contributed by atoms with E-state index in [1.807, 2.05) is 0 Å². The average Bonchev–Trinajstić information content (AvgIpc) is 3.73. The smallest absolute Gasteiger partial charge is 0.386 e. The molecule has 250 valence electrons. The van der Waals surface area contributed by atoms with Gasteiger partial charge in [-0.15, -0.1) is 0 Å². The summed E-state index contributed by atoms with van der Waals surface area (Å²) in [7, 11) is 1.11. The van der Waals surface area contributed by atoms with E-state index in [1.54, 1.807) is 0 Å². The second kappa shape index (κ2) is 13.0. The van der Waals surface area contributed by atoms with Gasteiger partial charge in [0.15, 0.2) is 24.0 Å². The number of nitrogen functional groups attached to an aromatic ring is 1. The van der Waals surface area contributed by atoms with Gasteiger partial charge in [-0.3, -0.25) is 13.6 Å². The molecule has 0 amide bonds. The highest BCUT2D eigenvalue weighted by Gasteiger charge is 2.51. The van der Waals surface area contributed by atoms with Gasteiger partial charge in [0.1, 0.15) is 36.4 Å². The van der Waals surface area contributed by atoms with E-state index in [4.69, 9.17) is 68.3 Å². The average molecular weight is 760 g/mol. The maximum absolute atomic E-state index is 13.5. The van der Waals surface area contributed by atoms with Crippen molar-refractivity contribution in [1.82, 2.24) is 29.1 Å². The van der Waals surface area contributed by atoms with Gasteiger partial charge in [0.25, 0.3) is 0 Å². The van der Waals surface area contributed by atoms with Crippen molar-refractivity contribution in [2.24, 2.45) is 0 Å². The molecule has 4 unspecified atom stereocenters. The van der Waals surface area contributed by atoms with Crippen LogP contribution in [0.25, 0.3) is 22.2 Å². The minimum atomic E-state index is -4.39. The molecule has 5 heterocycles. The van der Waals surface area contributed by atoms with Gasteiger partial charge in [-0.05, 0) is 23.9 Å². The van der Waals surface area contributed by atoms with Crippen molar-refractivity contribution in [1.29, 1.82) is 0 Å². The lowest BCUT2D eigenvalue weighted by Gasteiger charge is -2.25. The molecule has 6 rings (SSSR count). The molecular formula is C22H25Cl2N7O11P2S2. The number of nitrogens with two attached hydrogens (primary N) is 1. The Bertz CT molecular complexity index is 1950. The molecule has 6 N–H and O–H groups in total. The van der Waals surface area contributed by atoms with E-state index in [9.17, 15) is 24.5 Å². The van der Waals surface area contributed by atoms with Crippen LogP contribution in [0.1, 0.15) is 18.9 Å². The molecule has 46 heavy (non-hydrogen) atoms. The number of aliphatic hydroxyl groups excluding tert-OH is 2. The summed E-state index contributed by atoms with van der Waals surface area (Å²) in [5.41, 5.74) is 6.37. The minimum absolute atomic E-state index is 0.0496. The van der Waals surface area contributed by atoms with Crippen LogP contribution in [0.3, 0.4) is 0 Å². The number of thiol groups is 1. The van der Waals surface area contributed by atoms with Gasteiger partial charge in [0, 0.05) is 13.5 Å². The van der Waals surface area contributed by atoms with Gasteiger partial charge < -0.3 is 44.4 Å². The fourth-order valence-electron chi connectivity index (χ4n) is 5.04. The summed E-state index contributed by atoms with van der Waals surface area (Å²) in [5, 5.41) is 22.2. The zero-order valence-corrected chi connectivity index (χ0v) is 28.2. The van der Waals surface area contributed by atoms with E-state index in [0.717, 1.165) is 7.11 Å². The molecule has 2 fully saturated rings. The Morgan fingerprint density at radius 1 is 1.22 bits per heavy atom. The molecule has 24 heteroatoms. The van der Waals surface area contributed by atoms with Crippen LogP contribution in [0.15, 0.2) is 29.6 Å². The van der Waals surface area contributed by atoms with Crippen LogP contribution in [-0.2, 0) is 43.9 Å². The standard InChI is InChI=1S/C22H25Cl2N7O11P2S2/c1-37-43(35,45)42-21-16(33)17(20(40-21)30-7-28-10-2-8(23)9(24)3-11(10)30)41-44(36,46)38-5-13-12(32)4-14(39-13)31-19-15(29-22(31)34)18(25)26-6-27-19/h2-3,6-7,12-14,16-17,20-21,32-33H,4-5H2,1H3,(H,29,34)(H,35,45)(H,36,46)(H2,25,26,27)/t12-,13+,14+,16?,17?,20+,21+,43?,44?/m0/s1. The normalized spacial score (nSPS) is 29.4. The molecule has 2 aliphatic heterocycles. The number of aromatic nitrogens is 6. The Morgan fingerprint density at radius 3 is 2.70 bits per heavy atom. The highest BCUT2D eigenvalue weighted by Crippen LogP contribution is 2.58. The Labute approximate surface area is 278 Å². The number of anilines is 1. The number of aromatic amines is 1. The number of aliphatic hydroxyl groups is 2. The monoisotopic (exact) mass is 759 g/mol. The summed E-state index contributed by atoms with van der Waals surface area (Å²) in [6, 6.07) is 2.99. The van der Waals surface area contributed by atoms with E-state index in [2.05, 4.69) is 32.2 Å². The number of H-pyrrole nitrogens is 1. The van der Waals surface area contributed by atoms with E-state index >= 15 is 0 Å². The Hall–Kier alpha value is -1.71. The van der Waals surface area contributed by atoms with Crippen LogP contribution >= 0.6 is 49.0 Å². The number of hydrogen-bond acceptors (Lipinski definition) is 15. The summed E-state index contributed by atoms with van der Waals surface area (Å²) in [6.07, 6.45) is -6.96. The number of imidazole rings is 2. The number of halogens is 2. The number of rotatable bonds is 10. The largest absolute Gasteiger partial charge is 0.390 e. The number of nitrogens with one attached hydrogen (secondary N) is 1. The highest BCUT2D eigenvalue weighted by atomic mass is 35.5. The summed E-state index contributed by atoms with van der Waals surface area (Å²) < 4.78 is 49.0. The fraction of sp³-hybridized carbons (Fsp3) is 0.455. The quantitative estimate of drug-likeness (QED) is 0.100. The first-order chi connectivity index (χ1) is 21.7. The molecule has 2 saturated heterocycles. The van der Waals surface area contributed by atoms with Crippen molar-refractivity contribution < 1.29 is 47.2 Å². The fourth-order valence-corrected chi connectivity index (χ4v) is 7.59. The summed E-state index contributed by atoms with van der Waals surface area (Å²) in [4.78, 5) is 37.6. The number of fused-ring (bicyclic) bond motifs is 2. The number of nitrogens with zero attached hydrogens (tertiary/aromatic N) is 5. The molecule has 9 atom stereocenters. The predicted octanol–water partition coefficient (Wildman–Crippen LogP) is 2.24. The lowest BCUT2D eigenvalue weighted by Crippen LogP contribution is -2.34. The highest BCUT2D eigenvalue weighted by molar-refractivity contribution is 8.44. The minimum Gasteiger partial charge on any atom is -0.390 e. The van der Waals surface area contributed by atoms with Crippen molar-refractivity contribution in [3.8, 4) is 0 Å². The molecule has 0 radical (unpaired) electrons. The van der Waals surface area contributed by atoms with Crippen LogP contribution in [0.5, 0.6) is 0 Å². The molecule has 2 aliphatic rings. The van der Waals surface area contributed by atoms with Gasteiger partial charge in [-0.1, -0.05) is 35.5 Å². The third kappa shape index (κ3) is 6.63. The van der Waals surface area contributed by atoms with Gasteiger partial charge in [0.2, 0.25) is 0 Å². The Morgan fingerprint density at radius 2 is 1.96 bits per heavy atom. The summed E-state index contributed by atoms with van der Waals surface area (Å²) in [5.74, 6) is 0.0496. The van der Waals surface area contributed by atoms with Crippen LogP contribution in [0, 0.1) is 0 Å². The Kier molecular flexibility index (Phi) is 9.63. The first-order valence-corrected chi connectivity index (χ1v) is 19.1. The first kappa shape index (κ1) is 34.2. The van der Waals surface area contributed by atoms with Gasteiger partial charge in [0.05, 0.1) is 40.1 Å². The lowest BCUT2D eigenvalue weighted by atomic mass is 10.2. The predicted molar refractivity (Wildman–Crippen MR) is 169 cm³/mol. The van der Waals surface area contributed by atoms with Crippen LogP contribution in [0.2, 0.25) is 10.0 Å². The zero-order chi connectivity index (χ0) is 33.1. The van der Waals surface area contributed by atoms with Crippen molar-refractivity contribution in [2.75, 3.05) is 19.5 Å². The van der Waals surface area contributed by atoms with Crippen LogP contribution in [0.4, 0.5) is 5.82 Å². The molecule has 3 aromatic heterocycles.